The van der Waals surface area contributed by atoms with E-state index in [-0.39, 0.29) is 43.0 Å². The molecule has 110 heavy (non-hydrogen) atoms. The molecule has 0 aromatic heterocycles. The third kappa shape index (κ3) is 19.5. The number of aryl methyl sites for hydroxylation is 12. The van der Waals surface area contributed by atoms with Crippen molar-refractivity contribution in [2.24, 2.45) is 0 Å². The lowest BCUT2D eigenvalue weighted by molar-refractivity contribution is -0.597. The zero-order valence-electron chi connectivity index (χ0n) is 59.4. The van der Waals surface area contributed by atoms with Gasteiger partial charge in [0.15, 0.2) is 106 Å². The predicted octanol–water partition coefficient (Wildman–Crippen LogP) is 17.2. The highest BCUT2D eigenvalue weighted by atomic mass is 127. The quantitative estimate of drug-likeness (QED) is 0.0237. The zero-order valence-corrected chi connectivity index (χ0v) is 65.7. The number of hydrogen-bond acceptors (Lipinski definition) is 11. The van der Waals surface area contributed by atoms with Crippen LogP contribution in [0.25, 0.3) is 0 Å². The molecule has 11 aromatic rings. The summed E-state index contributed by atoms with van der Waals surface area (Å²) in [5, 5.41) is 0. The fraction of sp³-hybridized carbons (Fsp3) is 0.154. The molecule has 11 rings (SSSR count). The summed E-state index contributed by atoms with van der Waals surface area (Å²) in [5.74, 6) is -35.1. The largest absolute Gasteiger partial charge is 0.744 e. The highest BCUT2D eigenvalue weighted by Gasteiger charge is 2.39. The summed E-state index contributed by atoms with van der Waals surface area (Å²) in [6, 6.07) is 53.4. The van der Waals surface area contributed by atoms with Gasteiger partial charge in [-0.25, -0.2) is 91.1 Å². The molecule has 0 aliphatic rings. The molecule has 0 unspecified atom stereocenters. The third-order valence-electron chi connectivity index (χ3n) is 15.9. The van der Waals surface area contributed by atoms with E-state index >= 15 is 0 Å². The molecule has 0 fully saturated rings. The van der Waals surface area contributed by atoms with Gasteiger partial charge in [0.2, 0.25) is 17.5 Å². The Morgan fingerprint density at radius 3 is 0.573 bits per heavy atom. The summed E-state index contributed by atoms with van der Waals surface area (Å²) in [6.45, 7) is 26.9. The molecule has 0 amide bonds. The normalized spacial score (nSPS) is 11.6. The molecule has 11 aromatic carbocycles. The van der Waals surface area contributed by atoms with Crippen LogP contribution in [0.2, 0.25) is 0 Å². The Kier molecular flexibility index (Phi) is 27.4. The van der Waals surface area contributed by atoms with Crippen LogP contribution in [0.1, 0.15) is 66.8 Å². The second-order valence-electron chi connectivity index (χ2n) is 24.7. The van der Waals surface area contributed by atoms with Crippen LogP contribution < -0.4 is 30.7 Å². The molecular weight excluding hydrogens is 1690 g/mol. The minimum Gasteiger partial charge on any atom is -0.744 e. The van der Waals surface area contributed by atoms with Crippen LogP contribution in [0.5, 0.6) is 23.0 Å². The second-order valence-corrected chi connectivity index (χ2v) is 35.5. The van der Waals surface area contributed by atoms with Crippen molar-refractivity contribution in [1.29, 1.82) is 0 Å². The van der Waals surface area contributed by atoms with Crippen molar-refractivity contribution < 1.29 is 135 Å². The lowest BCUT2D eigenvalue weighted by atomic mass is 10.1. The molecule has 0 heterocycles. The Morgan fingerprint density at radius 1 is 0.255 bits per heavy atom. The van der Waals surface area contributed by atoms with Crippen molar-refractivity contribution in [1.82, 2.24) is 0 Å². The van der Waals surface area contributed by atoms with Gasteiger partial charge in [0.1, 0.15) is 89.8 Å². The second kappa shape index (κ2) is 34.8. The summed E-state index contributed by atoms with van der Waals surface area (Å²) >= 11 is -0.373. The van der Waals surface area contributed by atoms with Crippen molar-refractivity contribution in [2.45, 2.75) is 127 Å². The maximum Gasteiger partial charge on any atom is 0.357 e. The first-order valence-corrected chi connectivity index (χ1v) is 40.6. The summed E-state index contributed by atoms with van der Waals surface area (Å²) < 4.78 is 294. The Hall–Kier alpha value is -8.87. The van der Waals surface area contributed by atoms with Crippen molar-refractivity contribution in [3.8, 4) is 23.0 Å². The van der Waals surface area contributed by atoms with Gasteiger partial charge in [-0.2, -0.15) is 0 Å². The molecular formula is C78H60F15IO11S5. The van der Waals surface area contributed by atoms with Crippen LogP contribution >= 0.6 is 0 Å². The number of rotatable bonds is 15. The van der Waals surface area contributed by atoms with Crippen LogP contribution in [-0.4, -0.2) is 38.9 Å². The Balaban J connectivity index is 0.000000270. The Morgan fingerprint density at radius 2 is 0.409 bits per heavy atom. The van der Waals surface area contributed by atoms with Gasteiger partial charge in [0.25, 0.3) is 0 Å². The SMILES string of the molecule is Cc1cc(C)c([S+](c2ccc(Oc3ccc([I+]c4ccc(Oc5ccc([S+](c6c(C)cc(C)cc6C)c6c(C)cc(C)cc6C)cc5)cc4)cc3)cc2)c2c(C)cc(C)cc2C)c(C)c1.O=S(=O)([O-])c1c(F)c(F)c(F)c(F)c1F.O=S(=O)([O-])c1c(F)c(F)c(F)c(F)c1F.O=S(=O)([O-])c1c(F)c(F)c(F)c(F)c1F. The van der Waals surface area contributed by atoms with Gasteiger partial charge in [-0.3, -0.25) is 0 Å². The van der Waals surface area contributed by atoms with E-state index < -0.39 is 132 Å². The molecule has 0 bridgehead atoms. The van der Waals surface area contributed by atoms with E-state index in [4.69, 9.17) is 9.47 Å². The van der Waals surface area contributed by atoms with Gasteiger partial charge in [0, 0.05) is 44.5 Å². The van der Waals surface area contributed by atoms with E-state index in [1.807, 2.05) is 0 Å². The molecule has 0 N–H and O–H groups in total. The highest BCUT2D eigenvalue weighted by Crippen LogP contribution is 2.43. The fourth-order valence-electron chi connectivity index (χ4n) is 11.9. The predicted molar refractivity (Wildman–Crippen MR) is 373 cm³/mol. The lowest BCUT2D eigenvalue weighted by Crippen LogP contribution is -3.61. The van der Waals surface area contributed by atoms with Crippen LogP contribution in [0.3, 0.4) is 0 Å². The van der Waals surface area contributed by atoms with E-state index in [0.29, 0.717) is 0 Å². The number of ether oxygens (including phenoxy) is 2. The molecule has 0 atom stereocenters. The molecule has 0 spiro atoms. The van der Waals surface area contributed by atoms with Crippen LogP contribution in [0.15, 0.2) is 190 Å². The topological polar surface area (TPSA) is 190 Å². The zero-order chi connectivity index (χ0) is 82.0. The van der Waals surface area contributed by atoms with E-state index in [9.17, 15) is 105 Å². The van der Waals surface area contributed by atoms with Gasteiger partial charge >= 0.3 is 21.2 Å². The molecule has 0 radical (unpaired) electrons. The molecule has 32 heteroatoms. The summed E-state index contributed by atoms with van der Waals surface area (Å²) in [7, 11) is -17.8. The van der Waals surface area contributed by atoms with Crippen molar-refractivity contribution in [3.05, 3.63) is 307 Å². The van der Waals surface area contributed by atoms with E-state index in [1.54, 1.807) is 0 Å². The van der Waals surface area contributed by atoms with Gasteiger partial charge in [0.05, 0.1) is 0 Å². The summed E-state index contributed by atoms with van der Waals surface area (Å²) in [4.78, 5) is 1.15. The average molecular weight is 1750 g/mol. The van der Waals surface area contributed by atoms with Gasteiger partial charge in [-0.15, -0.1) is 0 Å². The van der Waals surface area contributed by atoms with Gasteiger partial charge < -0.3 is 23.1 Å². The minimum absolute atomic E-state index is 0.246. The molecule has 0 aliphatic heterocycles. The first kappa shape index (κ1) is 86.7. The maximum absolute atomic E-state index is 12.6. The van der Waals surface area contributed by atoms with E-state index in [0.717, 1.165) is 23.0 Å². The molecule has 0 aliphatic carbocycles. The summed E-state index contributed by atoms with van der Waals surface area (Å²) in [5.41, 5.74) is 16.0. The van der Waals surface area contributed by atoms with Crippen molar-refractivity contribution in [2.75, 3.05) is 0 Å². The first-order chi connectivity index (χ1) is 51.1. The van der Waals surface area contributed by atoms with E-state index in [2.05, 4.69) is 229 Å². The number of hydrogen-bond donors (Lipinski definition) is 0. The molecule has 580 valence electrons. The first-order valence-electron chi connectivity index (χ1n) is 31.8. The Bertz CT molecular complexity index is 5030. The minimum atomic E-state index is -5.77. The number of halogens is 16. The standard InChI is InChI=1S/C60H60IO2S2.3C6HF5O3S/c1-37-29-41(5)57(42(6)30-37)64(58-43(7)31-38(2)32-44(58)8)55-25-21-53(22-26-55)62-51-17-13-49(14-18-51)61-50-15-19-52(20-16-50)63-54-23-27-56(28-24-54)65(59-45(9)33-39(3)34-46(59)10)60-47(11)35-40(4)36-48(60)12;3*7-1-2(8)4(10)6(15(12,13)14)5(11)3(1)9/h13-36H,1-12H3;3*(H,12,13,14)/q+3;;;/p-3. The molecule has 11 nitrogen and oxygen atoms in total. The number of benzene rings is 11. The van der Waals surface area contributed by atoms with Gasteiger partial charge in [-0.1, -0.05) is 70.8 Å². The highest BCUT2D eigenvalue weighted by molar-refractivity contribution is 7.97. The van der Waals surface area contributed by atoms with Crippen LogP contribution in [-0.2, 0) is 52.1 Å². The van der Waals surface area contributed by atoms with Crippen LogP contribution in [0.4, 0.5) is 65.9 Å². The third-order valence-corrected chi connectivity index (χ3v) is 26.9. The smallest absolute Gasteiger partial charge is 0.357 e. The van der Waals surface area contributed by atoms with Crippen molar-refractivity contribution >= 4 is 52.1 Å². The summed E-state index contributed by atoms with van der Waals surface area (Å²) in [6.07, 6.45) is 0. The molecule has 0 saturated carbocycles. The van der Waals surface area contributed by atoms with E-state index in [1.165, 1.54) is 103 Å². The lowest BCUT2D eigenvalue weighted by Gasteiger charge is -2.17. The molecule has 0 saturated heterocycles. The Labute approximate surface area is 640 Å². The average Bonchev–Trinajstić information content (AvgIpc) is 0.790. The van der Waals surface area contributed by atoms with Crippen LogP contribution in [0, 0.1) is 177 Å². The monoisotopic (exact) mass is 1740 g/mol. The van der Waals surface area contributed by atoms with Gasteiger partial charge in [-0.05, 0) is 180 Å². The fourth-order valence-corrected chi connectivity index (χ4v) is 21.1. The maximum atomic E-state index is 12.6. The van der Waals surface area contributed by atoms with Crippen molar-refractivity contribution in [3.63, 3.8) is 0 Å².